The molecule has 1 atom stereocenters. The number of hydrogen-bond acceptors (Lipinski definition) is 6. The van der Waals surface area contributed by atoms with Gasteiger partial charge in [0.1, 0.15) is 11.9 Å². The number of pyridine rings is 2. The first-order valence-electron chi connectivity index (χ1n) is 10.9. The molecule has 0 aliphatic carbocycles. The van der Waals surface area contributed by atoms with Crippen molar-refractivity contribution in [3.63, 3.8) is 0 Å². The molecular formula is C25H28N6O. The second-order valence-corrected chi connectivity index (χ2v) is 8.50. The Morgan fingerprint density at radius 1 is 1.09 bits per heavy atom. The zero-order valence-electron chi connectivity index (χ0n) is 18.8. The third-order valence-electron chi connectivity index (χ3n) is 5.85. The van der Waals surface area contributed by atoms with E-state index in [-0.39, 0.29) is 6.10 Å². The Morgan fingerprint density at radius 2 is 1.97 bits per heavy atom. The molecule has 7 nitrogen and oxygen atoms in total. The molecule has 7 heteroatoms. The van der Waals surface area contributed by atoms with E-state index in [0.717, 1.165) is 47.9 Å². The summed E-state index contributed by atoms with van der Waals surface area (Å²) in [7, 11) is 6.02. The van der Waals surface area contributed by atoms with E-state index in [1.54, 1.807) is 4.68 Å². The normalized spacial score (nSPS) is 17.0. The van der Waals surface area contributed by atoms with E-state index in [1.807, 2.05) is 37.6 Å². The fraction of sp³-hybridized carbons (Fsp3) is 0.320. The van der Waals surface area contributed by atoms with Gasteiger partial charge in [-0.3, -0.25) is 9.58 Å². The van der Waals surface area contributed by atoms with Crippen molar-refractivity contribution < 1.29 is 4.74 Å². The molecule has 0 bridgehead atoms. The minimum atomic E-state index is -0.0587. The summed E-state index contributed by atoms with van der Waals surface area (Å²) in [6, 6.07) is 16.7. The summed E-state index contributed by atoms with van der Waals surface area (Å²) in [5, 5.41) is 5.44. The van der Waals surface area contributed by atoms with Crippen molar-refractivity contribution in [3.05, 3.63) is 72.2 Å². The van der Waals surface area contributed by atoms with Crippen LogP contribution in [-0.2, 0) is 18.3 Å². The number of aromatic nitrogens is 4. The first-order chi connectivity index (χ1) is 15.6. The van der Waals surface area contributed by atoms with E-state index in [4.69, 9.17) is 14.7 Å². The molecule has 1 saturated heterocycles. The number of hydrogen-bond donors (Lipinski definition) is 0. The second kappa shape index (κ2) is 8.68. The van der Waals surface area contributed by atoms with Crippen LogP contribution in [0.5, 0.6) is 0 Å². The van der Waals surface area contributed by atoms with Crippen molar-refractivity contribution in [1.82, 2.24) is 24.6 Å². The monoisotopic (exact) mass is 428 g/mol. The average Bonchev–Trinajstić information content (AvgIpc) is 3.25. The molecule has 5 rings (SSSR count). The van der Waals surface area contributed by atoms with Gasteiger partial charge in [-0.05, 0) is 24.3 Å². The summed E-state index contributed by atoms with van der Waals surface area (Å²) in [6.45, 7) is 3.19. The van der Waals surface area contributed by atoms with Crippen LogP contribution in [0, 0.1) is 0 Å². The third kappa shape index (κ3) is 4.22. The minimum Gasteiger partial charge on any atom is -0.369 e. The Kier molecular flexibility index (Phi) is 5.59. The molecule has 0 saturated carbocycles. The van der Waals surface area contributed by atoms with Crippen LogP contribution >= 0.6 is 0 Å². The zero-order chi connectivity index (χ0) is 22.1. The SMILES string of the molecule is CN(C)c1nc2ccccc2cc1CN1CCO[C@@H](c2cccc(-c3cnn(C)c3)n2)C1. The highest BCUT2D eigenvalue weighted by atomic mass is 16.5. The van der Waals surface area contributed by atoms with Gasteiger partial charge in [-0.1, -0.05) is 24.3 Å². The predicted molar refractivity (Wildman–Crippen MR) is 126 cm³/mol. The molecular weight excluding hydrogens is 400 g/mol. The largest absolute Gasteiger partial charge is 0.369 e. The lowest BCUT2D eigenvalue weighted by Crippen LogP contribution is -2.38. The molecule has 1 aliphatic rings. The molecule has 4 heterocycles. The first kappa shape index (κ1) is 20.6. The maximum atomic E-state index is 6.12. The Balaban J connectivity index is 1.38. The number of anilines is 1. The van der Waals surface area contributed by atoms with Gasteiger partial charge in [0.15, 0.2) is 0 Å². The highest BCUT2D eigenvalue weighted by Crippen LogP contribution is 2.28. The summed E-state index contributed by atoms with van der Waals surface area (Å²) < 4.78 is 7.92. The van der Waals surface area contributed by atoms with Gasteiger partial charge >= 0.3 is 0 Å². The van der Waals surface area contributed by atoms with Crippen LogP contribution in [0.25, 0.3) is 22.2 Å². The first-order valence-corrected chi connectivity index (χ1v) is 10.9. The van der Waals surface area contributed by atoms with Gasteiger partial charge in [0.2, 0.25) is 0 Å². The average molecular weight is 429 g/mol. The quantitative estimate of drug-likeness (QED) is 0.483. The number of morpholine rings is 1. The van der Waals surface area contributed by atoms with Crippen molar-refractivity contribution in [3.8, 4) is 11.3 Å². The third-order valence-corrected chi connectivity index (χ3v) is 5.85. The molecule has 164 valence electrons. The molecule has 1 aliphatic heterocycles. The number of ether oxygens (including phenoxy) is 1. The van der Waals surface area contributed by atoms with Gasteiger partial charge in [0.25, 0.3) is 0 Å². The number of fused-ring (bicyclic) bond motifs is 1. The van der Waals surface area contributed by atoms with E-state index >= 15 is 0 Å². The summed E-state index contributed by atoms with van der Waals surface area (Å²) in [4.78, 5) is 14.3. The van der Waals surface area contributed by atoms with Crippen molar-refractivity contribution in [2.75, 3.05) is 38.7 Å². The van der Waals surface area contributed by atoms with Gasteiger partial charge in [-0.2, -0.15) is 5.10 Å². The van der Waals surface area contributed by atoms with Gasteiger partial charge < -0.3 is 9.64 Å². The Bertz CT molecular complexity index is 1230. The van der Waals surface area contributed by atoms with Crippen LogP contribution in [0.4, 0.5) is 5.82 Å². The van der Waals surface area contributed by atoms with Crippen LogP contribution in [0.3, 0.4) is 0 Å². The second-order valence-electron chi connectivity index (χ2n) is 8.50. The highest BCUT2D eigenvalue weighted by molar-refractivity contribution is 5.81. The van der Waals surface area contributed by atoms with E-state index in [2.05, 4.69) is 59.3 Å². The number of benzene rings is 1. The summed E-state index contributed by atoms with van der Waals surface area (Å²) in [6.07, 6.45) is 3.77. The number of aryl methyl sites for hydroxylation is 1. The molecule has 32 heavy (non-hydrogen) atoms. The van der Waals surface area contributed by atoms with Crippen LogP contribution in [-0.4, -0.2) is 58.4 Å². The highest BCUT2D eigenvalue weighted by Gasteiger charge is 2.24. The van der Waals surface area contributed by atoms with Crippen LogP contribution in [0.15, 0.2) is 60.9 Å². The van der Waals surface area contributed by atoms with E-state index in [0.29, 0.717) is 6.61 Å². The molecule has 3 aromatic heterocycles. The van der Waals surface area contributed by atoms with E-state index in [9.17, 15) is 0 Å². The summed E-state index contributed by atoms with van der Waals surface area (Å²) in [5.41, 5.74) is 5.15. The standard InChI is InChI=1S/C25H28N6O/c1-29(2)25-19(13-18-7-4-5-8-21(18)28-25)16-31-11-12-32-24(17-31)23-10-6-9-22(27-23)20-14-26-30(3)15-20/h4-10,13-15,24H,11-12,16-17H2,1-3H3/t24-/m1/s1. The smallest absolute Gasteiger partial charge is 0.133 e. The molecule has 1 aromatic carbocycles. The van der Waals surface area contributed by atoms with Crippen molar-refractivity contribution in [1.29, 1.82) is 0 Å². The Labute approximate surface area is 188 Å². The lowest BCUT2D eigenvalue weighted by atomic mass is 10.1. The van der Waals surface area contributed by atoms with E-state index in [1.165, 1.54) is 10.9 Å². The predicted octanol–water partition coefficient (Wildman–Crippen LogP) is 3.67. The number of rotatable bonds is 5. The van der Waals surface area contributed by atoms with Crippen molar-refractivity contribution in [2.24, 2.45) is 7.05 Å². The number of para-hydroxylation sites is 1. The molecule has 0 amide bonds. The summed E-state index contributed by atoms with van der Waals surface area (Å²) >= 11 is 0. The Hall–Kier alpha value is -3.29. The number of nitrogens with zero attached hydrogens (tertiary/aromatic N) is 6. The van der Waals surface area contributed by atoms with Gasteiger partial charge in [0, 0.05) is 63.5 Å². The molecule has 4 aromatic rings. The van der Waals surface area contributed by atoms with Crippen LogP contribution < -0.4 is 4.90 Å². The van der Waals surface area contributed by atoms with Gasteiger partial charge in [-0.15, -0.1) is 0 Å². The molecule has 0 radical (unpaired) electrons. The molecule has 0 spiro atoms. The maximum absolute atomic E-state index is 6.12. The zero-order valence-corrected chi connectivity index (χ0v) is 18.8. The fourth-order valence-electron chi connectivity index (χ4n) is 4.26. The lowest BCUT2D eigenvalue weighted by molar-refractivity contribution is -0.0349. The maximum Gasteiger partial charge on any atom is 0.133 e. The molecule has 1 fully saturated rings. The fourth-order valence-corrected chi connectivity index (χ4v) is 4.26. The molecule has 0 unspecified atom stereocenters. The van der Waals surface area contributed by atoms with Crippen LogP contribution in [0.2, 0.25) is 0 Å². The molecule has 0 N–H and O–H groups in total. The van der Waals surface area contributed by atoms with Crippen molar-refractivity contribution in [2.45, 2.75) is 12.6 Å². The Morgan fingerprint density at radius 3 is 2.78 bits per heavy atom. The minimum absolute atomic E-state index is 0.0587. The topological polar surface area (TPSA) is 59.3 Å². The van der Waals surface area contributed by atoms with Gasteiger partial charge in [0.05, 0.1) is 29.7 Å². The van der Waals surface area contributed by atoms with Gasteiger partial charge in [-0.25, -0.2) is 9.97 Å². The summed E-state index contributed by atoms with van der Waals surface area (Å²) in [5.74, 6) is 1.02. The lowest BCUT2D eigenvalue weighted by Gasteiger charge is -2.33. The van der Waals surface area contributed by atoms with Crippen LogP contribution in [0.1, 0.15) is 17.4 Å². The van der Waals surface area contributed by atoms with E-state index < -0.39 is 0 Å². The van der Waals surface area contributed by atoms with Crippen molar-refractivity contribution >= 4 is 16.7 Å².